The Balaban J connectivity index is 1.66. The van der Waals surface area contributed by atoms with Crippen molar-refractivity contribution in [3.63, 3.8) is 0 Å². The molecular weight excluding hydrogens is 348 g/mol. The lowest BCUT2D eigenvalue weighted by Gasteiger charge is -2.47. The van der Waals surface area contributed by atoms with Gasteiger partial charge in [0.15, 0.2) is 0 Å². The number of aliphatic hydroxyl groups excluding tert-OH is 1. The average Bonchev–Trinajstić information content (AvgIpc) is 3.10. The highest BCUT2D eigenvalue weighted by Crippen LogP contribution is 2.50. The van der Waals surface area contributed by atoms with Crippen LogP contribution >= 0.6 is 11.6 Å². The van der Waals surface area contributed by atoms with Crippen molar-refractivity contribution in [2.45, 2.75) is 37.5 Å². The second kappa shape index (κ2) is 5.78. The number of hydrogen-bond acceptors (Lipinski definition) is 4. The standard InChI is InChI=1S/C21H19ClN2O2/c22-15-8-9-20-17(11-15)19-12-18(14-5-2-1-3-6-14)23-24(19)21(26-20)10-4-7-16(25)13-21/h1-3,5-6,8-9,11,13,19,25H,4,7,10,12H2/t19-,21-/m1/s1. The van der Waals surface area contributed by atoms with Crippen molar-refractivity contribution in [3.8, 4) is 5.75 Å². The van der Waals surface area contributed by atoms with E-state index in [1.807, 2.05) is 47.5 Å². The van der Waals surface area contributed by atoms with Gasteiger partial charge in [0, 0.05) is 35.9 Å². The Morgan fingerprint density at radius 3 is 2.85 bits per heavy atom. The first-order valence-electron chi connectivity index (χ1n) is 8.96. The molecule has 0 bridgehead atoms. The zero-order valence-electron chi connectivity index (χ0n) is 14.2. The van der Waals surface area contributed by atoms with Crippen LogP contribution in [0.1, 0.15) is 42.9 Å². The maximum atomic E-state index is 10.2. The number of hydrogen-bond donors (Lipinski definition) is 1. The fourth-order valence-corrected chi connectivity index (χ4v) is 4.39. The highest BCUT2D eigenvalue weighted by molar-refractivity contribution is 6.30. The Bertz CT molecular complexity index is 925. The molecule has 1 aliphatic carbocycles. The highest BCUT2D eigenvalue weighted by atomic mass is 35.5. The van der Waals surface area contributed by atoms with E-state index in [9.17, 15) is 5.11 Å². The maximum absolute atomic E-state index is 10.2. The summed E-state index contributed by atoms with van der Waals surface area (Å²) in [7, 11) is 0. The molecule has 5 heteroatoms. The molecule has 0 aromatic heterocycles. The van der Waals surface area contributed by atoms with Gasteiger partial charge in [-0.1, -0.05) is 41.9 Å². The molecule has 0 fully saturated rings. The van der Waals surface area contributed by atoms with E-state index in [2.05, 4.69) is 12.1 Å². The van der Waals surface area contributed by atoms with Gasteiger partial charge < -0.3 is 9.84 Å². The largest absolute Gasteiger partial charge is 0.512 e. The third kappa shape index (κ3) is 2.40. The van der Waals surface area contributed by atoms with Gasteiger partial charge in [0.1, 0.15) is 5.75 Å². The summed E-state index contributed by atoms with van der Waals surface area (Å²) in [5.74, 6) is 1.20. The van der Waals surface area contributed by atoms with E-state index in [4.69, 9.17) is 21.4 Å². The molecule has 5 rings (SSSR count). The molecule has 2 aromatic rings. The quantitative estimate of drug-likeness (QED) is 0.753. The Kier molecular flexibility index (Phi) is 3.50. The lowest BCUT2D eigenvalue weighted by molar-refractivity contribution is -0.0944. The number of rotatable bonds is 1. The van der Waals surface area contributed by atoms with Crippen molar-refractivity contribution in [3.05, 3.63) is 76.5 Å². The van der Waals surface area contributed by atoms with E-state index in [-0.39, 0.29) is 6.04 Å². The molecule has 0 radical (unpaired) electrons. The van der Waals surface area contributed by atoms with Gasteiger partial charge in [-0.3, -0.25) is 0 Å². The summed E-state index contributed by atoms with van der Waals surface area (Å²) in [6, 6.07) is 16.0. The van der Waals surface area contributed by atoms with Crippen molar-refractivity contribution in [2.75, 3.05) is 0 Å². The number of allylic oxidation sites excluding steroid dienone is 1. The lowest BCUT2D eigenvalue weighted by Crippen LogP contribution is -2.53. The maximum Gasteiger partial charge on any atom is 0.220 e. The summed E-state index contributed by atoms with van der Waals surface area (Å²) in [6.45, 7) is 0. The zero-order chi connectivity index (χ0) is 17.7. The summed E-state index contributed by atoms with van der Waals surface area (Å²) < 4.78 is 6.41. The summed E-state index contributed by atoms with van der Waals surface area (Å²) in [6.07, 6.45) is 4.97. The molecule has 1 spiro atoms. The smallest absolute Gasteiger partial charge is 0.220 e. The van der Waals surface area contributed by atoms with Crippen molar-refractivity contribution < 1.29 is 9.84 Å². The van der Waals surface area contributed by atoms with Crippen molar-refractivity contribution in [1.82, 2.24) is 5.01 Å². The molecule has 2 aliphatic heterocycles. The van der Waals surface area contributed by atoms with Gasteiger partial charge in [0.25, 0.3) is 0 Å². The molecule has 0 saturated carbocycles. The van der Waals surface area contributed by atoms with Crippen molar-refractivity contribution in [2.24, 2.45) is 5.10 Å². The fraction of sp³-hybridized carbons (Fsp3) is 0.286. The summed E-state index contributed by atoms with van der Waals surface area (Å²) in [5, 5.41) is 17.9. The Hall–Kier alpha value is -2.46. The van der Waals surface area contributed by atoms with E-state index < -0.39 is 5.72 Å². The van der Waals surface area contributed by atoms with Crippen LogP contribution in [-0.2, 0) is 0 Å². The molecule has 3 aliphatic rings. The van der Waals surface area contributed by atoms with Gasteiger partial charge in [0.2, 0.25) is 5.72 Å². The van der Waals surface area contributed by atoms with E-state index in [0.29, 0.717) is 17.2 Å². The van der Waals surface area contributed by atoms with Crippen LogP contribution in [0.2, 0.25) is 5.02 Å². The molecular formula is C21H19ClN2O2. The van der Waals surface area contributed by atoms with Crippen LogP contribution in [0.25, 0.3) is 0 Å². The Morgan fingerprint density at radius 2 is 2.04 bits per heavy atom. The summed E-state index contributed by atoms with van der Waals surface area (Å²) in [5.41, 5.74) is 2.47. The topological polar surface area (TPSA) is 45.1 Å². The number of ether oxygens (including phenoxy) is 1. The molecule has 1 N–H and O–H groups in total. The van der Waals surface area contributed by atoms with Gasteiger partial charge in [0.05, 0.1) is 17.5 Å². The van der Waals surface area contributed by atoms with Crippen LogP contribution in [0.15, 0.2) is 65.5 Å². The zero-order valence-corrected chi connectivity index (χ0v) is 15.0. The van der Waals surface area contributed by atoms with Crippen molar-refractivity contribution >= 4 is 17.3 Å². The van der Waals surface area contributed by atoms with E-state index in [1.54, 1.807) is 0 Å². The third-order valence-corrected chi connectivity index (χ3v) is 5.62. The number of halogens is 1. The van der Waals surface area contributed by atoms with E-state index in [1.165, 1.54) is 0 Å². The predicted molar refractivity (Wildman–Crippen MR) is 102 cm³/mol. The molecule has 2 aromatic carbocycles. The van der Waals surface area contributed by atoms with Crippen LogP contribution in [0.4, 0.5) is 0 Å². The minimum absolute atomic E-state index is 0.0507. The van der Waals surface area contributed by atoms with Crippen LogP contribution in [-0.4, -0.2) is 21.6 Å². The third-order valence-electron chi connectivity index (χ3n) is 5.38. The molecule has 0 amide bonds. The fourth-order valence-electron chi connectivity index (χ4n) is 4.20. The SMILES string of the molecule is OC1=C[C@@]2(CCC1)Oc1ccc(Cl)cc1[C@H]1CC(c3ccccc3)=NN12. The second-order valence-electron chi connectivity index (χ2n) is 7.10. The number of nitrogens with zero attached hydrogens (tertiary/aromatic N) is 2. The minimum atomic E-state index is -0.732. The van der Waals surface area contributed by atoms with Gasteiger partial charge in [-0.2, -0.15) is 5.10 Å². The van der Waals surface area contributed by atoms with Crippen LogP contribution in [0.5, 0.6) is 5.75 Å². The molecule has 2 heterocycles. The van der Waals surface area contributed by atoms with Gasteiger partial charge in [-0.15, -0.1) is 0 Å². The molecule has 4 nitrogen and oxygen atoms in total. The van der Waals surface area contributed by atoms with Crippen molar-refractivity contribution in [1.29, 1.82) is 0 Å². The molecule has 0 saturated heterocycles. The van der Waals surface area contributed by atoms with Gasteiger partial charge in [-0.25, -0.2) is 5.01 Å². The number of fused-ring (bicyclic) bond motifs is 4. The number of aliphatic hydroxyl groups is 1. The monoisotopic (exact) mass is 366 g/mol. The molecule has 132 valence electrons. The normalized spacial score (nSPS) is 26.7. The first-order chi connectivity index (χ1) is 12.6. The number of benzene rings is 2. The first-order valence-corrected chi connectivity index (χ1v) is 9.34. The predicted octanol–water partition coefficient (Wildman–Crippen LogP) is 5.21. The first kappa shape index (κ1) is 15.8. The van der Waals surface area contributed by atoms with Crippen LogP contribution < -0.4 is 4.74 Å². The van der Waals surface area contributed by atoms with Gasteiger partial charge in [-0.05, 0) is 30.2 Å². The van der Waals surface area contributed by atoms with Crippen LogP contribution in [0.3, 0.4) is 0 Å². The van der Waals surface area contributed by atoms with Gasteiger partial charge >= 0.3 is 0 Å². The Labute approximate surface area is 157 Å². The highest BCUT2D eigenvalue weighted by Gasteiger charge is 2.50. The summed E-state index contributed by atoms with van der Waals surface area (Å²) in [4.78, 5) is 0. The lowest BCUT2D eigenvalue weighted by atomic mass is 9.90. The second-order valence-corrected chi connectivity index (χ2v) is 7.53. The van der Waals surface area contributed by atoms with E-state index in [0.717, 1.165) is 41.9 Å². The van der Waals surface area contributed by atoms with Crippen LogP contribution in [0, 0.1) is 0 Å². The average molecular weight is 367 g/mol. The van der Waals surface area contributed by atoms with E-state index >= 15 is 0 Å². The molecule has 2 atom stereocenters. The Morgan fingerprint density at radius 1 is 1.19 bits per heavy atom. The molecule has 0 unspecified atom stereocenters. The summed E-state index contributed by atoms with van der Waals surface area (Å²) >= 11 is 6.26. The minimum Gasteiger partial charge on any atom is -0.512 e. The molecule has 26 heavy (non-hydrogen) atoms. The number of hydrazone groups is 1.